The summed E-state index contributed by atoms with van der Waals surface area (Å²) in [6.45, 7) is 3.47. The number of nitrogens with two attached hydrogens (primary N) is 1. The molecule has 1 aromatic heterocycles. The summed E-state index contributed by atoms with van der Waals surface area (Å²) in [4.78, 5) is 16.3. The van der Waals surface area contributed by atoms with E-state index in [-0.39, 0.29) is 5.91 Å². The van der Waals surface area contributed by atoms with Gasteiger partial charge in [0.05, 0.1) is 6.61 Å². The fourth-order valence-corrected chi connectivity index (χ4v) is 1.90. The van der Waals surface area contributed by atoms with Crippen molar-refractivity contribution in [1.82, 2.24) is 10.3 Å². The zero-order valence-electron chi connectivity index (χ0n) is 11.3. The van der Waals surface area contributed by atoms with E-state index in [0.29, 0.717) is 31.3 Å². The van der Waals surface area contributed by atoms with Crippen LogP contribution in [0.4, 0.5) is 5.82 Å². The largest absolute Gasteiger partial charge is 0.380 e. The van der Waals surface area contributed by atoms with Crippen LogP contribution in [-0.4, -0.2) is 30.6 Å². The molecule has 106 valence electrons. The molecule has 0 radical (unpaired) electrons. The monoisotopic (exact) mass is 274 g/mol. The SMILES string of the molecule is CCOCCNC(=O)c1cc2ccccc2c(NN)n1. The van der Waals surface area contributed by atoms with Gasteiger partial charge in [0.15, 0.2) is 0 Å². The molecule has 0 aliphatic carbocycles. The van der Waals surface area contributed by atoms with Crippen LogP contribution in [0.5, 0.6) is 0 Å². The molecule has 0 unspecified atom stereocenters. The van der Waals surface area contributed by atoms with Gasteiger partial charge in [0.2, 0.25) is 0 Å². The minimum Gasteiger partial charge on any atom is -0.380 e. The molecule has 0 spiro atoms. The Morgan fingerprint density at radius 3 is 2.95 bits per heavy atom. The van der Waals surface area contributed by atoms with Crippen LogP contribution in [-0.2, 0) is 4.74 Å². The Kier molecular flexibility index (Phi) is 4.86. The molecule has 0 fully saturated rings. The number of hydrogen-bond donors (Lipinski definition) is 3. The molecule has 4 N–H and O–H groups in total. The number of rotatable bonds is 6. The predicted octanol–water partition coefficient (Wildman–Crippen LogP) is 1.29. The molecule has 2 aromatic rings. The third-order valence-electron chi connectivity index (χ3n) is 2.85. The first-order valence-corrected chi connectivity index (χ1v) is 6.48. The fraction of sp³-hybridized carbons (Fsp3) is 0.286. The standard InChI is InChI=1S/C14H18N4O2/c1-2-20-8-7-16-14(19)12-9-10-5-3-4-6-11(10)13(17-12)18-15/h3-6,9H,2,7-8,15H2,1H3,(H,16,19)(H,17,18). The van der Waals surface area contributed by atoms with E-state index in [9.17, 15) is 4.79 Å². The first-order valence-electron chi connectivity index (χ1n) is 6.48. The van der Waals surface area contributed by atoms with Crippen LogP contribution < -0.4 is 16.6 Å². The number of nitrogens with zero attached hydrogens (tertiary/aromatic N) is 1. The van der Waals surface area contributed by atoms with Gasteiger partial charge in [-0.05, 0) is 18.4 Å². The first-order chi connectivity index (χ1) is 9.76. The lowest BCUT2D eigenvalue weighted by atomic mass is 10.1. The van der Waals surface area contributed by atoms with Gasteiger partial charge in [-0.2, -0.15) is 0 Å². The summed E-state index contributed by atoms with van der Waals surface area (Å²) in [5.74, 6) is 5.70. The van der Waals surface area contributed by atoms with Crippen LogP contribution >= 0.6 is 0 Å². The molecule has 1 heterocycles. The maximum Gasteiger partial charge on any atom is 0.270 e. The maximum absolute atomic E-state index is 12.0. The number of pyridine rings is 1. The Labute approximate surface area is 117 Å². The lowest BCUT2D eigenvalue weighted by Crippen LogP contribution is -2.28. The van der Waals surface area contributed by atoms with Crippen molar-refractivity contribution in [3.8, 4) is 0 Å². The van der Waals surface area contributed by atoms with Gasteiger partial charge < -0.3 is 15.5 Å². The summed E-state index contributed by atoms with van der Waals surface area (Å²) in [7, 11) is 0. The number of aromatic nitrogens is 1. The molecular weight excluding hydrogens is 256 g/mol. The Bertz CT molecular complexity index is 601. The van der Waals surface area contributed by atoms with Crippen molar-refractivity contribution >= 4 is 22.5 Å². The highest BCUT2D eigenvalue weighted by atomic mass is 16.5. The average molecular weight is 274 g/mol. The van der Waals surface area contributed by atoms with Gasteiger partial charge in [0, 0.05) is 18.5 Å². The number of hydrazine groups is 1. The number of fused-ring (bicyclic) bond motifs is 1. The molecule has 1 amide bonds. The number of nitrogens with one attached hydrogen (secondary N) is 2. The number of benzene rings is 1. The van der Waals surface area contributed by atoms with Crippen LogP contribution in [0.25, 0.3) is 10.8 Å². The van der Waals surface area contributed by atoms with E-state index in [0.717, 1.165) is 10.8 Å². The Morgan fingerprint density at radius 1 is 1.40 bits per heavy atom. The minimum absolute atomic E-state index is 0.244. The highest BCUT2D eigenvalue weighted by Crippen LogP contribution is 2.21. The van der Waals surface area contributed by atoms with Crippen molar-refractivity contribution in [2.24, 2.45) is 5.84 Å². The van der Waals surface area contributed by atoms with Crippen molar-refractivity contribution in [2.75, 3.05) is 25.2 Å². The van der Waals surface area contributed by atoms with Gasteiger partial charge in [0.1, 0.15) is 11.5 Å². The number of hydrogen-bond acceptors (Lipinski definition) is 5. The van der Waals surface area contributed by atoms with Gasteiger partial charge in [-0.25, -0.2) is 10.8 Å². The van der Waals surface area contributed by atoms with E-state index in [2.05, 4.69) is 15.7 Å². The van der Waals surface area contributed by atoms with Crippen molar-refractivity contribution in [2.45, 2.75) is 6.92 Å². The van der Waals surface area contributed by atoms with E-state index in [1.807, 2.05) is 31.2 Å². The zero-order valence-corrected chi connectivity index (χ0v) is 11.3. The van der Waals surface area contributed by atoms with Crippen molar-refractivity contribution < 1.29 is 9.53 Å². The maximum atomic E-state index is 12.0. The smallest absolute Gasteiger partial charge is 0.270 e. The van der Waals surface area contributed by atoms with E-state index in [1.54, 1.807) is 6.07 Å². The Balaban J connectivity index is 2.19. The van der Waals surface area contributed by atoms with Crippen LogP contribution in [0.2, 0.25) is 0 Å². The fourth-order valence-electron chi connectivity index (χ4n) is 1.90. The molecule has 20 heavy (non-hydrogen) atoms. The molecule has 0 aliphatic rings. The number of carbonyl (C=O) groups is 1. The second-order valence-corrected chi connectivity index (χ2v) is 4.17. The van der Waals surface area contributed by atoms with E-state index in [4.69, 9.17) is 10.6 Å². The number of anilines is 1. The number of carbonyl (C=O) groups excluding carboxylic acids is 1. The van der Waals surface area contributed by atoms with Gasteiger partial charge in [-0.15, -0.1) is 0 Å². The first kappa shape index (κ1) is 14.2. The molecule has 2 rings (SSSR count). The number of amides is 1. The molecule has 0 atom stereocenters. The van der Waals surface area contributed by atoms with Gasteiger partial charge in [-0.1, -0.05) is 24.3 Å². The van der Waals surface area contributed by atoms with Crippen LogP contribution in [0, 0.1) is 0 Å². The molecule has 0 saturated heterocycles. The van der Waals surface area contributed by atoms with Crippen molar-refractivity contribution in [3.63, 3.8) is 0 Å². The Morgan fingerprint density at radius 2 is 2.20 bits per heavy atom. The van der Waals surface area contributed by atoms with E-state index < -0.39 is 0 Å². The summed E-state index contributed by atoms with van der Waals surface area (Å²) >= 11 is 0. The summed E-state index contributed by atoms with van der Waals surface area (Å²) in [6.07, 6.45) is 0. The Hall–Kier alpha value is -2.18. The quantitative estimate of drug-likeness (QED) is 0.419. The lowest BCUT2D eigenvalue weighted by Gasteiger charge is -2.09. The van der Waals surface area contributed by atoms with Crippen molar-refractivity contribution in [3.05, 3.63) is 36.0 Å². The molecule has 0 aliphatic heterocycles. The number of ether oxygens (including phenoxy) is 1. The van der Waals surface area contributed by atoms with Crippen LogP contribution in [0.15, 0.2) is 30.3 Å². The predicted molar refractivity (Wildman–Crippen MR) is 78.4 cm³/mol. The van der Waals surface area contributed by atoms with Crippen molar-refractivity contribution in [1.29, 1.82) is 0 Å². The highest BCUT2D eigenvalue weighted by Gasteiger charge is 2.11. The second-order valence-electron chi connectivity index (χ2n) is 4.17. The lowest BCUT2D eigenvalue weighted by molar-refractivity contribution is 0.0918. The molecular formula is C14H18N4O2. The van der Waals surface area contributed by atoms with E-state index in [1.165, 1.54) is 0 Å². The third kappa shape index (κ3) is 3.23. The summed E-state index contributed by atoms with van der Waals surface area (Å²) in [5.41, 5.74) is 2.85. The van der Waals surface area contributed by atoms with E-state index >= 15 is 0 Å². The highest BCUT2D eigenvalue weighted by molar-refractivity contribution is 6.00. The summed E-state index contributed by atoms with van der Waals surface area (Å²) < 4.78 is 5.17. The van der Waals surface area contributed by atoms with Gasteiger partial charge in [0.25, 0.3) is 5.91 Å². The second kappa shape index (κ2) is 6.83. The normalized spacial score (nSPS) is 10.5. The van der Waals surface area contributed by atoms with Gasteiger partial charge >= 0.3 is 0 Å². The number of nitrogen functional groups attached to an aromatic ring is 1. The summed E-state index contributed by atoms with van der Waals surface area (Å²) in [6, 6.07) is 9.35. The summed E-state index contributed by atoms with van der Waals surface area (Å²) in [5, 5.41) is 4.54. The average Bonchev–Trinajstić information content (AvgIpc) is 2.50. The molecule has 0 bridgehead atoms. The zero-order chi connectivity index (χ0) is 14.4. The molecule has 0 saturated carbocycles. The van der Waals surface area contributed by atoms with Gasteiger partial charge in [-0.3, -0.25) is 4.79 Å². The third-order valence-corrected chi connectivity index (χ3v) is 2.85. The van der Waals surface area contributed by atoms with Crippen LogP contribution in [0.1, 0.15) is 17.4 Å². The molecule has 1 aromatic carbocycles. The minimum atomic E-state index is -0.244. The topological polar surface area (TPSA) is 89.3 Å². The van der Waals surface area contributed by atoms with Crippen LogP contribution in [0.3, 0.4) is 0 Å². The molecule has 6 heteroatoms. The molecule has 6 nitrogen and oxygen atoms in total.